The maximum absolute atomic E-state index is 11.6. The van der Waals surface area contributed by atoms with Crippen molar-refractivity contribution >= 4 is 5.91 Å². The molecular weight excluding hydrogens is 204 g/mol. The maximum atomic E-state index is 11.6. The van der Waals surface area contributed by atoms with Gasteiger partial charge in [0.05, 0.1) is 0 Å². The monoisotopic (exact) mass is 218 g/mol. The van der Waals surface area contributed by atoms with Gasteiger partial charge in [-0.1, -0.05) is 42.4 Å². The molecule has 1 aromatic rings. The van der Waals surface area contributed by atoms with Crippen LogP contribution in [0.5, 0.6) is 0 Å². The van der Waals surface area contributed by atoms with Gasteiger partial charge in [0.2, 0.25) is 5.91 Å². The van der Waals surface area contributed by atoms with Crippen LogP contribution < -0.4 is 5.32 Å². The van der Waals surface area contributed by atoms with Crippen LogP contribution in [-0.4, -0.2) is 11.9 Å². The third-order valence-corrected chi connectivity index (χ3v) is 2.19. The van der Waals surface area contributed by atoms with E-state index >= 15 is 0 Å². The van der Waals surface area contributed by atoms with Gasteiger partial charge in [0.15, 0.2) is 0 Å². The molecular formula is C11H14N4O. The number of nitrogens with zero attached hydrogens (tertiary/aromatic N) is 3. The van der Waals surface area contributed by atoms with Crippen LogP contribution in [-0.2, 0) is 11.3 Å². The molecule has 0 aromatic heterocycles. The fourth-order valence-corrected chi connectivity index (χ4v) is 1.28. The minimum Gasteiger partial charge on any atom is -0.352 e. The Morgan fingerprint density at radius 2 is 2.19 bits per heavy atom. The summed E-state index contributed by atoms with van der Waals surface area (Å²) >= 11 is 0. The average molecular weight is 218 g/mol. The van der Waals surface area contributed by atoms with Gasteiger partial charge in [-0.15, -0.1) is 0 Å². The summed E-state index contributed by atoms with van der Waals surface area (Å²) in [4.78, 5) is 14.2. The van der Waals surface area contributed by atoms with Crippen LogP contribution >= 0.6 is 0 Å². The Labute approximate surface area is 94.1 Å². The number of rotatable bonds is 5. The number of carbonyl (C=O) groups is 1. The van der Waals surface area contributed by atoms with Gasteiger partial charge in [0.1, 0.15) is 6.04 Å². The highest BCUT2D eigenvalue weighted by Gasteiger charge is 2.13. The zero-order valence-corrected chi connectivity index (χ0v) is 9.13. The fraction of sp³-hybridized carbons (Fsp3) is 0.364. The van der Waals surface area contributed by atoms with E-state index in [2.05, 4.69) is 15.3 Å². The Morgan fingerprint density at radius 1 is 1.50 bits per heavy atom. The third-order valence-electron chi connectivity index (χ3n) is 2.19. The molecule has 0 saturated carbocycles. The Balaban J connectivity index is 2.49. The highest BCUT2D eigenvalue weighted by Crippen LogP contribution is 2.01. The second kappa shape index (κ2) is 6.48. The van der Waals surface area contributed by atoms with Crippen molar-refractivity contribution in [2.75, 3.05) is 0 Å². The molecule has 0 bridgehead atoms. The SMILES string of the molecule is CC[C@@H](N=[N+]=[N-])C(=O)NCc1ccccc1. The number of hydrogen-bond donors (Lipinski definition) is 1. The molecule has 1 aromatic carbocycles. The first-order valence-electron chi connectivity index (χ1n) is 5.13. The van der Waals surface area contributed by atoms with Crippen molar-refractivity contribution in [1.29, 1.82) is 0 Å². The van der Waals surface area contributed by atoms with Crippen molar-refractivity contribution in [3.63, 3.8) is 0 Å². The van der Waals surface area contributed by atoms with Crippen LogP contribution in [0.15, 0.2) is 35.4 Å². The van der Waals surface area contributed by atoms with E-state index in [-0.39, 0.29) is 5.91 Å². The molecule has 16 heavy (non-hydrogen) atoms. The molecule has 0 aliphatic rings. The van der Waals surface area contributed by atoms with Crippen molar-refractivity contribution in [3.8, 4) is 0 Å². The predicted molar refractivity (Wildman–Crippen MR) is 61.5 cm³/mol. The Kier molecular flexibility index (Phi) is 4.89. The molecule has 0 unspecified atom stereocenters. The zero-order chi connectivity index (χ0) is 11.8. The Bertz CT molecular complexity index is 384. The number of benzene rings is 1. The van der Waals surface area contributed by atoms with E-state index in [9.17, 15) is 4.79 Å². The lowest BCUT2D eigenvalue weighted by Crippen LogP contribution is -2.32. The number of hydrogen-bond acceptors (Lipinski definition) is 2. The lowest BCUT2D eigenvalue weighted by Gasteiger charge is -2.09. The van der Waals surface area contributed by atoms with Crippen molar-refractivity contribution < 1.29 is 4.79 Å². The van der Waals surface area contributed by atoms with Crippen molar-refractivity contribution in [3.05, 3.63) is 46.3 Å². The molecule has 0 aliphatic heterocycles. The first-order valence-corrected chi connectivity index (χ1v) is 5.13. The van der Waals surface area contributed by atoms with Crippen LogP contribution in [0.1, 0.15) is 18.9 Å². The summed E-state index contributed by atoms with van der Waals surface area (Å²) in [6, 6.07) is 8.97. The van der Waals surface area contributed by atoms with Crippen LogP contribution in [0, 0.1) is 0 Å². The van der Waals surface area contributed by atoms with Crippen LogP contribution in [0.4, 0.5) is 0 Å². The summed E-state index contributed by atoms with van der Waals surface area (Å²) in [6.45, 7) is 2.26. The molecule has 1 N–H and O–H groups in total. The summed E-state index contributed by atoms with van der Waals surface area (Å²) in [5.74, 6) is -0.232. The minimum atomic E-state index is -0.617. The summed E-state index contributed by atoms with van der Waals surface area (Å²) < 4.78 is 0. The molecule has 0 saturated heterocycles. The third kappa shape index (κ3) is 3.63. The minimum absolute atomic E-state index is 0.232. The molecule has 1 atom stereocenters. The maximum Gasteiger partial charge on any atom is 0.229 e. The molecule has 1 amide bonds. The quantitative estimate of drug-likeness (QED) is 0.459. The van der Waals surface area contributed by atoms with Gasteiger partial charge in [-0.3, -0.25) is 4.79 Å². The molecule has 5 heteroatoms. The summed E-state index contributed by atoms with van der Waals surface area (Å²) in [6.07, 6.45) is 0.505. The number of nitrogens with one attached hydrogen (secondary N) is 1. The Morgan fingerprint density at radius 3 is 2.75 bits per heavy atom. The van der Waals surface area contributed by atoms with Crippen molar-refractivity contribution in [2.24, 2.45) is 5.11 Å². The smallest absolute Gasteiger partial charge is 0.229 e. The topological polar surface area (TPSA) is 77.9 Å². The number of carbonyl (C=O) groups excluding carboxylic acids is 1. The van der Waals surface area contributed by atoms with Crippen molar-refractivity contribution in [2.45, 2.75) is 25.9 Å². The first-order chi connectivity index (χ1) is 7.77. The predicted octanol–water partition coefficient (Wildman–Crippen LogP) is 2.39. The van der Waals surface area contributed by atoms with Crippen LogP contribution in [0.25, 0.3) is 10.4 Å². The standard InChI is InChI=1S/C11H14N4O/c1-2-10(14-15-12)11(16)13-8-9-6-4-3-5-7-9/h3-7,10H,2,8H2,1H3,(H,13,16)/t10-/m1/s1. The largest absolute Gasteiger partial charge is 0.352 e. The van der Waals surface area contributed by atoms with E-state index in [0.29, 0.717) is 13.0 Å². The van der Waals surface area contributed by atoms with Crippen LogP contribution in [0.2, 0.25) is 0 Å². The lowest BCUT2D eigenvalue weighted by molar-refractivity contribution is -0.122. The van der Waals surface area contributed by atoms with E-state index in [1.54, 1.807) is 6.92 Å². The summed E-state index contributed by atoms with van der Waals surface area (Å²) in [7, 11) is 0. The molecule has 0 fully saturated rings. The zero-order valence-electron chi connectivity index (χ0n) is 9.13. The van der Waals surface area contributed by atoms with Crippen LogP contribution in [0.3, 0.4) is 0 Å². The highest BCUT2D eigenvalue weighted by atomic mass is 16.2. The fourth-order valence-electron chi connectivity index (χ4n) is 1.28. The normalized spacial score (nSPS) is 11.3. The number of azide groups is 1. The average Bonchev–Trinajstić information content (AvgIpc) is 2.34. The van der Waals surface area contributed by atoms with Gasteiger partial charge < -0.3 is 5.32 Å². The summed E-state index contributed by atoms with van der Waals surface area (Å²) in [5.41, 5.74) is 9.30. The van der Waals surface area contributed by atoms with E-state index in [1.165, 1.54) is 0 Å². The van der Waals surface area contributed by atoms with E-state index < -0.39 is 6.04 Å². The molecule has 0 aliphatic carbocycles. The summed E-state index contributed by atoms with van der Waals surface area (Å²) in [5, 5.41) is 6.15. The molecule has 0 radical (unpaired) electrons. The van der Waals surface area contributed by atoms with E-state index in [1.807, 2.05) is 30.3 Å². The molecule has 84 valence electrons. The van der Waals surface area contributed by atoms with Gasteiger partial charge in [-0.05, 0) is 17.5 Å². The molecule has 1 rings (SSSR count). The molecule has 0 heterocycles. The van der Waals surface area contributed by atoms with Gasteiger partial charge in [0.25, 0.3) is 0 Å². The van der Waals surface area contributed by atoms with E-state index in [4.69, 9.17) is 5.53 Å². The van der Waals surface area contributed by atoms with Gasteiger partial charge in [0, 0.05) is 11.5 Å². The van der Waals surface area contributed by atoms with Gasteiger partial charge in [-0.2, -0.15) is 0 Å². The molecule has 5 nitrogen and oxygen atoms in total. The second-order valence-corrected chi connectivity index (χ2v) is 3.33. The van der Waals surface area contributed by atoms with Crippen molar-refractivity contribution in [1.82, 2.24) is 5.32 Å². The number of amides is 1. The second-order valence-electron chi connectivity index (χ2n) is 3.33. The highest BCUT2D eigenvalue weighted by molar-refractivity contribution is 5.81. The lowest BCUT2D eigenvalue weighted by atomic mass is 10.2. The first kappa shape index (κ1) is 12.1. The molecule has 0 spiro atoms. The van der Waals surface area contributed by atoms with Gasteiger partial charge in [-0.25, -0.2) is 0 Å². The Hall–Kier alpha value is -2.00. The van der Waals surface area contributed by atoms with Gasteiger partial charge >= 0.3 is 0 Å². The van der Waals surface area contributed by atoms with E-state index in [0.717, 1.165) is 5.56 Å².